The van der Waals surface area contributed by atoms with Crippen LogP contribution >= 0.6 is 0 Å². The number of anilines is 2. The van der Waals surface area contributed by atoms with Crippen molar-refractivity contribution in [3.05, 3.63) is 59.8 Å². The van der Waals surface area contributed by atoms with Gasteiger partial charge in [-0.05, 0) is 12.1 Å². The molecule has 0 saturated carbocycles. The Hall–Kier alpha value is -4.01. The first kappa shape index (κ1) is 22.3. The first-order valence-electron chi connectivity index (χ1n) is 8.70. The zero-order chi connectivity index (χ0) is 22.1. The van der Waals surface area contributed by atoms with Crippen LogP contribution in [0.3, 0.4) is 0 Å². The standard InChI is InChI=1S/C21H22N2O7/c1-27-17-11-15(23-20(25)13-8-6-5-7-9-13)18(28-2)10-14(17)22-16(21(26)30-4)12-19(24)29-3/h5-12,22H,1-4H3,(H,23,25)/b16-12+. The topological polar surface area (TPSA) is 112 Å². The Balaban J connectivity index is 2.40. The molecule has 0 aliphatic rings. The molecule has 158 valence electrons. The molecule has 2 aromatic carbocycles. The molecule has 0 unspecified atom stereocenters. The van der Waals surface area contributed by atoms with Crippen molar-refractivity contribution >= 4 is 29.2 Å². The summed E-state index contributed by atoms with van der Waals surface area (Å²) < 4.78 is 19.9. The second-order valence-electron chi connectivity index (χ2n) is 5.77. The predicted octanol–water partition coefficient (Wildman–Crippen LogP) is 2.60. The summed E-state index contributed by atoms with van der Waals surface area (Å²) in [5, 5.41) is 5.53. The number of nitrogens with one attached hydrogen (secondary N) is 2. The minimum Gasteiger partial charge on any atom is -0.494 e. The van der Waals surface area contributed by atoms with Crippen molar-refractivity contribution in [3.63, 3.8) is 0 Å². The van der Waals surface area contributed by atoms with Crippen LogP contribution in [-0.2, 0) is 19.1 Å². The molecule has 0 aliphatic heterocycles. The van der Waals surface area contributed by atoms with E-state index in [2.05, 4.69) is 20.1 Å². The summed E-state index contributed by atoms with van der Waals surface area (Å²) in [5.41, 5.74) is 0.943. The van der Waals surface area contributed by atoms with Crippen LogP contribution in [0.5, 0.6) is 11.5 Å². The lowest BCUT2D eigenvalue weighted by Gasteiger charge is -2.17. The van der Waals surface area contributed by atoms with Crippen molar-refractivity contribution in [2.24, 2.45) is 0 Å². The molecule has 30 heavy (non-hydrogen) atoms. The molecule has 9 heteroatoms. The lowest BCUT2D eigenvalue weighted by atomic mass is 10.2. The number of rotatable bonds is 8. The van der Waals surface area contributed by atoms with E-state index in [0.29, 0.717) is 22.7 Å². The number of amides is 1. The van der Waals surface area contributed by atoms with Gasteiger partial charge in [0.1, 0.15) is 17.2 Å². The highest BCUT2D eigenvalue weighted by Crippen LogP contribution is 2.37. The Kier molecular flexibility index (Phi) is 7.81. The van der Waals surface area contributed by atoms with E-state index in [1.165, 1.54) is 40.6 Å². The van der Waals surface area contributed by atoms with Crippen molar-refractivity contribution in [3.8, 4) is 11.5 Å². The highest BCUT2D eigenvalue weighted by molar-refractivity contribution is 6.05. The fourth-order valence-corrected chi connectivity index (χ4v) is 2.45. The van der Waals surface area contributed by atoms with E-state index < -0.39 is 11.9 Å². The molecule has 2 aromatic rings. The molecule has 0 aliphatic carbocycles. The van der Waals surface area contributed by atoms with Crippen LogP contribution in [0.25, 0.3) is 0 Å². The van der Waals surface area contributed by atoms with E-state index in [1.807, 2.05) is 6.07 Å². The maximum atomic E-state index is 12.5. The largest absolute Gasteiger partial charge is 0.494 e. The highest BCUT2D eigenvalue weighted by atomic mass is 16.5. The van der Waals surface area contributed by atoms with Gasteiger partial charge in [-0.1, -0.05) is 18.2 Å². The summed E-state index contributed by atoms with van der Waals surface area (Å²) in [7, 11) is 5.20. The monoisotopic (exact) mass is 414 g/mol. The molecule has 0 fully saturated rings. The third-order valence-electron chi connectivity index (χ3n) is 3.94. The number of hydrogen-bond donors (Lipinski definition) is 2. The molecular weight excluding hydrogens is 392 g/mol. The fraction of sp³-hybridized carbons (Fsp3) is 0.190. The van der Waals surface area contributed by atoms with Gasteiger partial charge < -0.3 is 29.6 Å². The van der Waals surface area contributed by atoms with Crippen molar-refractivity contribution < 1.29 is 33.3 Å². The lowest BCUT2D eigenvalue weighted by molar-refractivity contribution is -0.138. The summed E-state index contributed by atoms with van der Waals surface area (Å²) in [6.07, 6.45) is 0.947. The van der Waals surface area contributed by atoms with Crippen LogP contribution in [0.2, 0.25) is 0 Å². The molecule has 2 rings (SSSR count). The SMILES string of the molecule is COC(=O)/C=C(/Nc1cc(OC)c(NC(=O)c2ccccc2)cc1OC)C(=O)OC. The van der Waals surface area contributed by atoms with Gasteiger partial charge in [0.2, 0.25) is 0 Å². The number of methoxy groups -OCH3 is 4. The first-order valence-corrected chi connectivity index (χ1v) is 8.70. The quantitative estimate of drug-likeness (QED) is 0.501. The van der Waals surface area contributed by atoms with Gasteiger partial charge in [0.15, 0.2) is 0 Å². The molecule has 0 bridgehead atoms. The molecule has 2 N–H and O–H groups in total. The molecule has 0 aromatic heterocycles. The van der Waals surface area contributed by atoms with Crippen molar-refractivity contribution in [2.45, 2.75) is 0 Å². The average molecular weight is 414 g/mol. The third kappa shape index (κ3) is 5.51. The van der Waals surface area contributed by atoms with E-state index in [-0.39, 0.29) is 17.4 Å². The van der Waals surface area contributed by atoms with Gasteiger partial charge in [0, 0.05) is 17.7 Å². The Labute approximate surface area is 173 Å². The Morgan fingerprint density at radius 1 is 0.800 bits per heavy atom. The van der Waals surface area contributed by atoms with Crippen LogP contribution in [-0.4, -0.2) is 46.3 Å². The third-order valence-corrected chi connectivity index (χ3v) is 3.94. The normalized spacial score (nSPS) is 10.6. The molecule has 0 radical (unpaired) electrons. The number of benzene rings is 2. The molecule has 0 atom stereocenters. The Morgan fingerprint density at radius 2 is 1.37 bits per heavy atom. The van der Waals surface area contributed by atoms with Crippen molar-refractivity contribution in [1.82, 2.24) is 0 Å². The van der Waals surface area contributed by atoms with Crippen LogP contribution in [0, 0.1) is 0 Å². The predicted molar refractivity (Wildman–Crippen MR) is 110 cm³/mol. The van der Waals surface area contributed by atoms with Gasteiger partial charge in [0.05, 0.1) is 45.9 Å². The van der Waals surface area contributed by atoms with Gasteiger partial charge in [-0.15, -0.1) is 0 Å². The number of hydrogen-bond acceptors (Lipinski definition) is 8. The highest BCUT2D eigenvalue weighted by Gasteiger charge is 2.19. The summed E-state index contributed by atoms with van der Waals surface area (Å²) in [5.74, 6) is -1.30. The van der Waals surface area contributed by atoms with Gasteiger partial charge in [-0.25, -0.2) is 9.59 Å². The van der Waals surface area contributed by atoms with Crippen molar-refractivity contribution in [1.29, 1.82) is 0 Å². The second kappa shape index (κ2) is 10.5. The molecule has 0 spiro atoms. The van der Waals surface area contributed by atoms with E-state index in [1.54, 1.807) is 24.3 Å². The zero-order valence-electron chi connectivity index (χ0n) is 17.0. The van der Waals surface area contributed by atoms with Gasteiger partial charge >= 0.3 is 11.9 Å². The first-order chi connectivity index (χ1) is 14.4. The van der Waals surface area contributed by atoms with E-state index in [0.717, 1.165) is 6.08 Å². The van der Waals surface area contributed by atoms with E-state index in [9.17, 15) is 14.4 Å². The number of esters is 2. The minimum atomic E-state index is -0.789. The van der Waals surface area contributed by atoms with Crippen LogP contribution in [0.1, 0.15) is 10.4 Å². The molecule has 1 amide bonds. The maximum absolute atomic E-state index is 12.5. The number of carbonyl (C=O) groups excluding carboxylic acids is 3. The molecule has 0 heterocycles. The summed E-state index contributed by atoms with van der Waals surface area (Å²) in [4.78, 5) is 36.1. The average Bonchev–Trinajstić information content (AvgIpc) is 2.78. The summed E-state index contributed by atoms with van der Waals surface area (Å²) in [6.45, 7) is 0. The second-order valence-corrected chi connectivity index (χ2v) is 5.77. The lowest BCUT2D eigenvalue weighted by Crippen LogP contribution is -2.16. The van der Waals surface area contributed by atoms with Crippen LogP contribution < -0.4 is 20.1 Å². The van der Waals surface area contributed by atoms with Crippen LogP contribution in [0.15, 0.2) is 54.2 Å². The Morgan fingerprint density at radius 3 is 1.87 bits per heavy atom. The number of carbonyl (C=O) groups is 3. The van der Waals surface area contributed by atoms with E-state index in [4.69, 9.17) is 9.47 Å². The van der Waals surface area contributed by atoms with E-state index >= 15 is 0 Å². The summed E-state index contributed by atoms with van der Waals surface area (Å²) in [6, 6.07) is 11.7. The number of ether oxygens (including phenoxy) is 4. The molecular formula is C21H22N2O7. The minimum absolute atomic E-state index is 0.175. The van der Waals surface area contributed by atoms with Crippen molar-refractivity contribution in [2.75, 3.05) is 39.1 Å². The summed E-state index contributed by atoms with van der Waals surface area (Å²) >= 11 is 0. The van der Waals surface area contributed by atoms with Gasteiger partial charge in [0.25, 0.3) is 5.91 Å². The fourth-order valence-electron chi connectivity index (χ4n) is 2.45. The van der Waals surface area contributed by atoms with Gasteiger partial charge in [-0.2, -0.15) is 0 Å². The van der Waals surface area contributed by atoms with Gasteiger partial charge in [-0.3, -0.25) is 4.79 Å². The smallest absolute Gasteiger partial charge is 0.354 e. The zero-order valence-corrected chi connectivity index (χ0v) is 17.0. The molecule has 0 saturated heterocycles. The van der Waals surface area contributed by atoms with Crippen LogP contribution in [0.4, 0.5) is 11.4 Å². The Bertz CT molecular complexity index is 955. The molecule has 9 nitrogen and oxygen atoms in total. The maximum Gasteiger partial charge on any atom is 0.354 e.